The largest absolute Gasteiger partial charge is 0.388 e. The summed E-state index contributed by atoms with van der Waals surface area (Å²) in [5, 5.41) is 14.5. The van der Waals surface area contributed by atoms with Crippen molar-refractivity contribution < 1.29 is 19.5 Å². The van der Waals surface area contributed by atoms with Crippen LogP contribution in [0.2, 0.25) is 0 Å². The normalized spacial score (nSPS) is 14.4. The SMILES string of the molecule is NC[C@H](NC(=O)c1ccc(C#Cc2ccc(NC(=O)CN3CCC(c4ccccc4)CC3)cc2)cc1)C(=O)CO. The highest BCUT2D eigenvalue weighted by Gasteiger charge is 2.22. The molecule has 1 fully saturated rings. The molecule has 0 aliphatic carbocycles. The Morgan fingerprint density at radius 2 is 1.50 bits per heavy atom. The van der Waals surface area contributed by atoms with Crippen molar-refractivity contribution in [3.05, 3.63) is 101 Å². The van der Waals surface area contributed by atoms with E-state index in [-0.39, 0.29) is 12.5 Å². The summed E-state index contributed by atoms with van der Waals surface area (Å²) >= 11 is 0. The zero-order valence-corrected chi connectivity index (χ0v) is 22.3. The Hall–Kier alpha value is -4.29. The van der Waals surface area contributed by atoms with Crippen LogP contribution < -0.4 is 16.4 Å². The minimum atomic E-state index is -0.929. The molecule has 1 saturated heterocycles. The van der Waals surface area contributed by atoms with Gasteiger partial charge in [0.15, 0.2) is 5.78 Å². The van der Waals surface area contributed by atoms with Gasteiger partial charge in [0.05, 0.1) is 6.54 Å². The van der Waals surface area contributed by atoms with Gasteiger partial charge in [0, 0.05) is 28.9 Å². The van der Waals surface area contributed by atoms with Crippen molar-refractivity contribution in [3.8, 4) is 11.8 Å². The monoisotopic (exact) mass is 538 g/mol. The average molecular weight is 539 g/mol. The van der Waals surface area contributed by atoms with Crippen LogP contribution in [0.15, 0.2) is 78.9 Å². The van der Waals surface area contributed by atoms with Gasteiger partial charge in [-0.3, -0.25) is 19.3 Å². The number of aliphatic hydroxyl groups is 1. The van der Waals surface area contributed by atoms with Crippen LogP contribution in [0.25, 0.3) is 0 Å². The first kappa shape index (κ1) is 28.7. The van der Waals surface area contributed by atoms with Gasteiger partial charge in [0.1, 0.15) is 12.6 Å². The number of anilines is 1. The molecule has 0 aromatic heterocycles. The molecule has 8 nitrogen and oxygen atoms in total. The van der Waals surface area contributed by atoms with Crippen LogP contribution in [-0.4, -0.2) is 66.4 Å². The average Bonchev–Trinajstić information content (AvgIpc) is 3.00. The Bertz CT molecular complexity index is 1350. The summed E-state index contributed by atoms with van der Waals surface area (Å²) in [6, 6.07) is 23.6. The number of ketones is 1. The summed E-state index contributed by atoms with van der Waals surface area (Å²) in [5.41, 5.74) is 9.46. The maximum Gasteiger partial charge on any atom is 0.251 e. The predicted molar refractivity (Wildman–Crippen MR) is 155 cm³/mol. The Kier molecular flexibility index (Phi) is 10.2. The number of aliphatic hydroxyl groups excluding tert-OH is 1. The standard InChI is InChI=1S/C32H34N4O4/c33-20-29(30(38)22-37)35-32(40)27-12-8-23(9-13-27)6-7-24-10-14-28(15-11-24)34-31(39)21-36-18-16-26(17-19-36)25-4-2-1-3-5-25/h1-5,8-15,26,29,37H,16-22,33H2,(H,34,39)(H,35,40)/t29-/m0/s1. The van der Waals surface area contributed by atoms with Gasteiger partial charge in [-0.25, -0.2) is 0 Å². The van der Waals surface area contributed by atoms with E-state index in [2.05, 4.69) is 51.6 Å². The maximum atomic E-state index is 12.6. The summed E-state index contributed by atoms with van der Waals surface area (Å²) in [7, 11) is 0. The fourth-order valence-electron chi connectivity index (χ4n) is 4.66. The number of rotatable bonds is 9. The van der Waals surface area contributed by atoms with Crippen LogP contribution in [0.1, 0.15) is 45.8 Å². The Morgan fingerprint density at radius 1 is 0.900 bits per heavy atom. The molecule has 0 saturated carbocycles. The molecule has 0 unspecified atom stereocenters. The van der Waals surface area contributed by atoms with Gasteiger partial charge >= 0.3 is 0 Å². The zero-order chi connectivity index (χ0) is 28.3. The van der Waals surface area contributed by atoms with E-state index in [1.165, 1.54) is 5.56 Å². The highest BCUT2D eigenvalue weighted by Crippen LogP contribution is 2.27. The third-order valence-corrected chi connectivity index (χ3v) is 6.98. The third kappa shape index (κ3) is 8.10. The number of carbonyl (C=O) groups is 3. The molecule has 3 aromatic rings. The molecule has 40 heavy (non-hydrogen) atoms. The van der Waals surface area contributed by atoms with Gasteiger partial charge in [0.2, 0.25) is 5.91 Å². The molecule has 0 radical (unpaired) electrons. The van der Waals surface area contributed by atoms with E-state index in [0.717, 1.165) is 37.2 Å². The topological polar surface area (TPSA) is 125 Å². The van der Waals surface area contributed by atoms with Crippen LogP contribution in [0.4, 0.5) is 5.69 Å². The van der Waals surface area contributed by atoms with Crippen LogP contribution in [0, 0.1) is 11.8 Å². The van der Waals surface area contributed by atoms with Crippen LogP contribution in [0.3, 0.4) is 0 Å². The summed E-state index contributed by atoms with van der Waals surface area (Å²) in [5.74, 6) is 5.67. The number of carbonyl (C=O) groups excluding carboxylic acids is 3. The molecule has 2 amide bonds. The highest BCUT2D eigenvalue weighted by atomic mass is 16.3. The molecule has 206 valence electrons. The molecule has 1 aliphatic heterocycles. The van der Waals surface area contributed by atoms with Gasteiger partial charge in [-0.1, -0.05) is 42.2 Å². The number of hydrogen-bond acceptors (Lipinski definition) is 6. The van der Waals surface area contributed by atoms with Gasteiger partial charge in [-0.15, -0.1) is 0 Å². The van der Waals surface area contributed by atoms with Crippen molar-refractivity contribution in [3.63, 3.8) is 0 Å². The van der Waals surface area contributed by atoms with Gasteiger partial charge in [-0.2, -0.15) is 0 Å². The Labute approximate surface area is 234 Å². The van der Waals surface area contributed by atoms with Crippen molar-refractivity contribution in [2.24, 2.45) is 5.73 Å². The second-order valence-corrected chi connectivity index (χ2v) is 9.80. The lowest BCUT2D eigenvalue weighted by Gasteiger charge is -2.31. The number of nitrogens with zero attached hydrogens (tertiary/aromatic N) is 1. The first-order valence-corrected chi connectivity index (χ1v) is 13.4. The van der Waals surface area contributed by atoms with Crippen molar-refractivity contribution in [1.82, 2.24) is 10.2 Å². The summed E-state index contributed by atoms with van der Waals surface area (Å²) in [6.07, 6.45) is 2.11. The van der Waals surface area contributed by atoms with E-state index < -0.39 is 24.3 Å². The smallest absolute Gasteiger partial charge is 0.251 e. The molecule has 0 bridgehead atoms. The lowest BCUT2D eigenvalue weighted by molar-refractivity contribution is -0.123. The van der Waals surface area contributed by atoms with Gasteiger partial charge in [-0.05, 0) is 85.9 Å². The number of piperidine rings is 1. The molecular weight excluding hydrogens is 504 g/mol. The number of amides is 2. The molecule has 3 aromatic carbocycles. The van der Waals surface area contributed by atoms with Crippen molar-refractivity contribution >= 4 is 23.3 Å². The minimum Gasteiger partial charge on any atom is -0.388 e. The molecule has 1 heterocycles. The first-order valence-electron chi connectivity index (χ1n) is 13.4. The third-order valence-electron chi connectivity index (χ3n) is 6.98. The number of benzene rings is 3. The number of nitrogens with two attached hydrogens (primary N) is 1. The molecule has 5 N–H and O–H groups in total. The van der Waals surface area contributed by atoms with Crippen molar-refractivity contribution in [2.75, 3.05) is 38.1 Å². The summed E-state index contributed by atoms with van der Waals surface area (Å²) < 4.78 is 0. The first-order chi connectivity index (χ1) is 19.4. The van der Waals surface area contributed by atoms with Gasteiger partial charge < -0.3 is 21.5 Å². The van der Waals surface area contributed by atoms with E-state index >= 15 is 0 Å². The minimum absolute atomic E-state index is 0.0281. The molecular formula is C32H34N4O4. The van der Waals surface area contributed by atoms with Crippen LogP contribution in [0.5, 0.6) is 0 Å². The second-order valence-electron chi connectivity index (χ2n) is 9.80. The number of hydrogen-bond donors (Lipinski definition) is 4. The van der Waals surface area contributed by atoms with Crippen molar-refractivity contribution in [2.45, 2.75) is 24.8 Å². The van der Waals surface area contributed by atoms with E-state index in [1.54, 1.807) is 24.3 Å². The molecule has 8 heteroatoms. The number of nitrogens with one attached hydrogen (secondary N) is 2. The molecule has 0 spiro atoms. The van der Waals surface area contributed by atoms with Crippen molar-refractivity contribution in [1.29, 1.82) is 0 Å². The molecule has 1 atom stereocenters. The van der Waals surface area contributed by atoms with E-state index in [1.807, 2.05) is 30.3 Å². The number of Topliss-reactive ketones (excluding diaryl/α,β-unsaturated/α-hetero) is 1. The summed E-state index contributed by atoms with van der Waals surface area (Å²) in [6.45, 7) is 1.42. The Morgan fingerprint density at radius 3 is 2.08 bits per heavy atom. The van der Waals surface area contributed by atoms with Gasteiger partial charge in [0.25, 0.3) is 5.91 Å². The number of likely N-dealkylation sites (tertiary alicyclic amines) is 1. The lowest BCUT2D eigenvalue weighted by Crippen LogP contribution is -2.46. The van der Waals surface area contributed by atoms with E-state index in [9.17, 15) is 14.4 Å². The van der Waals surface area contributed by atoms with E-state index in [4.69, 9.17) is 10.8 Å². The fraction of sp³-hybridized carbons (Fsp3) is 0.281. The molecule has 4 rings (SSSR count). The van der Waals surface area contributed by atoms with Crippen LogP contribution in [-0.2, 0) is 9.59 Å². The molecule has 1 aliphatic rings. The fourth-order valence-corrected chi connectivity index (χ4v) is 4.66. The quantitative estimate of drug-likeness (QED) is 0.311. The van der Waals surface area contributed by atoms with E-state index in [0.29, 0.717) is 23.6 Å². The maximum absolute atomic E-state index is 12.6. The highest BCUT2D eigenvalue weighted by molar-refractivity contribution is 5.98. The zero-order valence-electron chi connectivity index (χ0n) is 22.3. The lowest BCUT2D eigenvalue weighted by atomic mass is 9.89. The second kappa shape index (κ2) is 14.2. The Balaban J connectivity index is 1.24. The summed E-state index contributed by atoms with van der Waals surface area (Å²) in [4.78, 5) is 38.7. The predicted octanol–water partition coefficient (Wildman–Crippen LogP) is 2.52. The van der Waals surface area contributed by atoms with Crippen LogP contribution >= 0.6 is 0 Å².